The highest BCUT2D eigenvalue weighted by Crippen LogP contribution is 2.41. The van der Waals surface area contributed by atoms with Crippen LogP contribution in [0.2, 0.25) is 5.28 Å². The van der Waals surface area contributed by atoms with Crippen molar-refractivity contribution in [3.63, 3.8) is 0 Å². The standard InChI is InChI=1S/C19H20ClFN4/c1-2-11-25(12-3-10-22)18-16-9-8-15(17(16)23-19(20)24-18)13-4-6-14(21)7-5-13/h4-7,15H,2-3,8-9,11-12H2,1H3. The van der Waals surface area contributed by atoms with E-state index in [1.165, 1.54) is 12.1 Å². The molecule has 25 heavy (non-hydrogen) atoms. The molecule has 1 heterocycles. The van der Waals surface area contributed by atoms with Crippen LogP contribution in [0.5, 0.6) is 0 Å². The van der Waals surface area contributed by atoms with Crippen LogP contribution in [0.15, 0.2) is 24.3 Å². The first-order valence-electron chi connectivity index (χ1n) is 8.57. The Labute approximate surface area is 152 Å². The molecule has 1 unspecified atom stereocenters. The average molecular weight is 359 g/mol. The third kappa shape index (κ3) is 3.74. The van der Waals surface area contributed by atoms with Gasteiger partial charge >= 0.3 is 0 Å². The Kier molecular flexibility index (Phi) is 5.50. The number of benzene rings is 1. The summed E-state index contributed by atoms with van der Waals surface area (Å²) in [6.07, 6.45) is 3.17. The number of fused-ring (bicyclic) bond motifs is 1. The molecule has 1 aromatic heterocycles. The average Bonchev–Trinajstić information content (AvgIpc) is 3.02. The van der Waals surface area contributed by atoms with Gasteiger partial charge in [-0.2, -0.15) is 5.26 Å². The molecule has 0 fully saturated rings. The second-order valence-electron chi connectivity index (χ2n) is 6.22. The summed E-state index contributed by atoms with van der Waals surface area (Å²) in [6, 6.07) is 8.77. The molecule has 0 saturated carbocycles. The van der Waals surface area contributed by atoms with E-state index < -0.39 is 0 Å². The van der Waals surface area contributed by atoms with Crippen LogP contribution in [0.1, 0.15) is 48.9 Å². The molecular formula is C19H20ClFN4. The monoisotopic (exact) mass is 358 g/mol. The number of halogens is 2. The van der Waals surface area contributed by atoms with E-state index in [0.717, 1.165) is 48.4 Å². The number of hydrogen-bond acceptors (Lipinski definition) is 4. The van der Waals surface area contributed by atoms with Crippen LogP contribution in [-0.4, -0.2) is 23.1 Å². The lowest BCUT2D eigenvalue weighted by Gasteiger charge is -2.24. The first-order valence-corrected chi connectivity index (χ1v) is 8.95. The Balaban J connectivity index is 1.99. The van der Waals surface area contributed by atoms with E-state index in [1.54, 1.807) is 0 Å². The van der Waals surface area contributed by atoms with Gasteiger partial charge < -0.3 is 4.90 Å². The fourth-order valence-corrected chi connectivity index (χ4v) is 3.65. The molecule has 0 radical (unpaired) electrons. The van der Waals surface area contributed by atoms with Crippen molar-refractivity contribution in [1.29, 1.82) is 5.26 Å². The van der Waals surface area contributed by atoms with Crippen LogP contribution >= 0.6 is 11.6 Å². The first kappa shape index (κ1) is 17.6. The van der Waals surface area contributed by atoms with Crippen LogP contribution in [0, 0.1) is 17.1 Å². The molecule has 0 amide bonds. The molecule has 1 aromatic carbocycles. The smallest absolute Gasteiger partial charge is 0.224 e. The fourth-order valence-electron chi connectivity index (χ4n) is 3.47. The van der Waals surface area contributed by atoms with Crippen molar-refractivity contribution < 1.29 is 4.39 Å². The van der Waals surface area contributed by atoms with Crippen LogP contribution < -0.4 is 4.90 Å². The molecule has 130 valence electrons. The van der Waals surface area contributed by atoms with E-state index in [0.29, 0.717) is 13.0 Å². The zero-order chi connectivity index (χ0) is 17.8. The SMILES string of the molecule is CCCN(CCC#N)c1nc(Cl)nc2c1CCC2c1ccc(F)cc1. The maximum Gasteiger partial charge on any atom is 0.224 e. The Hall–Kier alpha value is -2.19. The van der Waals surface area contributed by atoms with Crippen molar-refractivity contribution >= 4 is 17.4 Å². The minimum Gasteiger partial charge on any atom is -0.355 e. The van der Waals surface area contributed by atoms with Gasteiger partial charge in [0, 0.05) is 24.6 Å². The highest BCUT2D eigenvalue weighted by molar-refractivity contribution is 6.28. The molecule has 1 atom stereocenters. The molecule has 3 rings (SSSR count). The van der Waals surface area contributed by atoms with Crippen LogP contribution in [-0.2, 0) is 6.42 Å². The maximum absolute atomic E-state index is 13.2. The van der Waals surface area contributed by atoms with Gasteiger partial charge in [0.15, 0.2) is 0 Å². The number of hydrogen-bond donors (Lipinski definition) is 0. The minimum atomic E-state index is -0.242. The van der Waals surface area contributed by atoms with Crippen LogP contribution in [0.4, 0.5) is 10.2 Å². The van der Waals surface area contributed by atoms with Gasteiger partial charge in [-0.3, -0.25) is 0 Å². The van der Waals surface area contributed by atoms with E-state index in [-0.39, 0.29) is 17.0 Å². The summed E-state index contributed by atoms with van der Waals surface area (Å²) in [5.74, 6) is 0.708. The quantitative estimate of drug-likeness (QED) is 0.714. The molecule has 1 aliphatic rings. The van der Waals surface area contributed by atoms with Crippen molar-refractivity contribution in [3.8, 4) is 6.07 Å². The van der Waals surface area contributed by atoms with Crippen molar-refractivity contribution in [1.82, 2.24) is 9.97 Å². The molecule has 2 aromatic rings. The molecule has 1 aliphatic carbocycles. The third-order valence-electron chi connectivity index (χ3n) is 4.56. The largest absolute Gasteiger partial charge is 0.355 e. The molecule has 0 spiro atoms. The van der Waals surface area contributed by atoms with E-state index in [1.807, 2.05) is 12.1 Å². The summed E-state index contributed by atoms with van der Waals surface area (Å²) < 4.78 is 13.2. The van der Waals surface area contributed by atoms with Gasteiger partial charge in [0.1, 0.15) is 11.6 Å². The predicted octanol–water partition coefficient (Wildman–Crippen LogP) is 4.48. The summed E-state index contributed by atoms with van der Waals surface area (Å²) in [7, 11) is 0. The van der Waals surface area contributed by atoms with Crippen molar-refractivity contribution in [3.05, 3.63) is 52.2 Å². The summed E-state index contributed by atoms with van der Waals surface area (Å²) in [5.41, 5.74) is 3.07. The number of nitriles is 1. The lowest BCUT2D eigenvalue weighted by atomic mass is 9.97. The zero-order valence-corrected chi connectivity index (χ0v) is 14.9. The number of aromatic nitrogens is 2. The summed E-state index contributed by atoms with van der Waals surface area (Å²) in [6.45, 7) is 3.55. The summed E-state index contributed by atoms with van der Waals surface area (Å²) in [5, 5.41) is 9.15. The van der Waals surface area contributed by atoms with Gasteiger partial charge in [0.05, 0.1) is 18.2 Å². The van der Waals surface area contributed by atoms with E-state index >= 15 is 0 Å². The first-order chi connectivity index (χ1) is 12.1. The third-order valence-corrected chi connectivity index (χ3v) is 4.73. The number of nitrogens with zero attached hydrogens (tertiary/aromatic N) is 4. The normalized spacial score (nSPS) is 15.7. The van der Waals surface area contributed by atoms with Gasteiger partial charge in [-0.1, -0.05) is 19.1 Å². The highest BCUT2D eigenvalue weighted by atomic mass is 35.5. The van der Waals surface area contributed by atoms with Crippen molar-refractivity contribution in [2.24, 2.45) is 0 Å². The van der Waals surface area contributed by atoms with Gasteiger partial charge in [-0.25, -0.2) is 14.4 Å². The molecule has 0 aliphatic heterocycles. The fraction of sp³-hybridized carbons (Fsp3) is 0.421. The number of rotatable bonds is 6. The van der Waals surface area contributed by atoms with Crippen molar-refractivity contribution in [2.75, 3.05) is 18.0 Å². The lowest BCUT2D eigenvalue weighted by molar-refractivity contribution is 0.625. The van der Waals surface area contributed by atoms with E-state index in [4.69, 9.17) is 16.9 Å². The van der Waals surface area contributed by atoms with Crippen molar-refractivity contribution in [2.45, 2.75) is 38.5 Å². The second-order valence-corrected chi connectivity index (χ2v) is 6.56. The minimum absolute atomic E-state index is 0.106. The van der Waals surface area contributed by atoms with Gasteiger partial charge in [-0.05, 0) is 48.6 Å². The molecule has 0 saturated heterocycles. The van der Waals surface area contributed by atoms with E-state index in [2.05, 4.69) is 27.9 Å². The topological polar surface area (TPSA) is 52.8 Å². The van der Waals surface area contributed by atoms with Gasteiger partial charge in [0.2, 0.25) is 5.28 Å². The molecule has 4 nitrogen and oxygen atoms in total. The summed E-state index contributed by atoms with van der Waals surface area (Å²) >= 11 is 6.21. The Morgan fingerprint density at radius 1 is 1.28 bits per heavy atom. The number of anilines is 1. The Morgan fingerprint density at radius 2 is 2.04 bits per heavy atom. The summed E-state index contributed by atoms with van der Waals surface area (Å²) in [4.78, 5) is 11.1. The lowest BCUT2D eigenvalue weighted by Crippen LogP contribution is -2.27. The predicted molar refractivity (Wildman–Crippen MR) is 96.3 cm³/mol. The molecule has 0 N–H and O–H groups in total. The maximum atomic E-state index is 13.2. The molecule has 0 bridgehead atoms. The van der Waals surface area contributed by atoms with Gasteiger partial charge in [-0.15, -0.1) is 0 Å². The highest BCUT2D eigenvalue weighted by Gasteiger charge is 2.30. The van der Waals surface area contributed by atoms with E-state index in [9.17, 15) is 4.39 Å². The van der Waals surface area contributed by atoms with Gasteiger partial charge in [0.25, 0.3) is 0 Å². The zero-order valence-electron chi connectivity index (χ0n) is 14.2. The molecule has 6 heteroatoms. The Bertz CT molecular complexity index is 785. The Morgan fingerprint density at radius 3 is 2.72 bits per heavy atom. The van der Waals surface area contributed by atoms with Crippen LogP contribution in [0.3, 0.4) is 0 Å². The van der Waals surface area contributed by atoms with Crippen LogP contribution in [0.25, 0.3) is 0 Å². The molecular weight excluding hydrogens is 339 g/mol. The second kappa shape index (κ2) is 7.79.